The fourth-order valence-electron chi connectivity index (χ4n) is 2.93. The highest BCUT2D eigenvalue weighted by Gasteiger charge is 2.21. The van der Waals surface area contributed by atoms with Gasteiger partial charge in [-0.2, -0.15) is 0 Å². The van der Waals surface area contributed by atoms with Gasteiger partial charge in [0.1, 0.15) is 11.3 Å². The first-order chi connectivity index (χ1) is 10.1. The van der Waals surface area contributed by atoms with Crippen LogP contribution >= 0.6 is 0 Å². The van der Waals surface area contributed by atoms with Crippen molar-refractivity contribution in [3.05, 3.63) is 39.2 Å². The zero-order valence-corrected chi connectivity index (χ0v) is 11.9. The van der Waals surface area contributed by atoms with Crippen molar-refractivity contribution in [1.82, 2.24) is 0 Å². The predicted octanol–water partition coefficient (Wildman–Crippen LogP) is 1.84. The molecule has 0 bridgehead atoms. The summed E-state index contributed by atoms with van der Waals surface area (Å²) in [6.45, 7) is 1.70. The highest BCUT2D eigenvalue weighted by molar-refractivity contribution is 5.89. The molecule has 0 aliphatic heterocycles. The van der Waals surface area contributed by atoms with E-state index in [2.05, 4.69) is 0 Å². The number of ether oxygens (including phenoxy) is 1. The summed E-state index contributed by atoms with van der Waals surface area (Å²) in [5.41, 5.74) is 8.03. The summed E-state index contributed by atoms with van der Waals surface area (Å²) in [5.74, 6) is 0.0293. The molecule has 1 aromatic carbocycles. The van der Waals surface area contributed by atoms with Gasteiger partial charge in [-0.25, -0.2) is 4.79 Å². The van der Waals surface area contributed by atoms with Gasteiger partial charge >= 0.3 is 5.63 Å². The van der Waals surface area contributed by atoms with Crippen LogP contribution in [0.15, 0.2) is 21.3 Å². The third-order valence-electron chi connectivity index (χ3n) is 3.80. The Morgan fingerprint density at radius 2 is 2.00 bits per heavy atom. The van der Waals surface area contributed by atoms with Crippen LogP contribution < -0.4 is 16.1 Å². The number of carbonyl (C=O) groups is 1. The smallest absolute Gasteiger partial charge is 0.339 e. The number of benzene rings is 1. The van der Waals surface area contributed by atoms with Gasteiger partial charge in [0.25, 0.3) is 5.91 Å². The number of primary amides is 1. The van der Waals surface area contributed by atoms with Gasteiger partial charge in [0, 0.05) is 5.56 Å². The summed E-state index contributed by atoms with van der Waals surface area (Å²) in [4.78, 5) is 23.0. The first-order valence-corrected chi connectivity index (χ1v) is 7.06. The molecule has 110 valence electrons. The number of rotatable bonds is 3. The molecular weight excluding hydrogens is 270 g/mol. The van der Waals surface area contributed by atoms with Gasteiger partial charge in [-0.3, -0.25) is 4.79 Å². The van der Waals surface area contributed by atoms with Gasteiger partial charge < -0.3 is 14.9 Å². The molecule has 1 aliphatic carbocycles. The second kappa shape index (κ2) is 5.24. The van der Waals surface area contributed by atoms with Gasteiger partial charge in [-0.15, -0.1) is 0 Å². The number of aryl methyl sites for hydroxylation is 2. The number of hydrogen-bond donors (Lipinski definition) is 1. The summed E-state index contributed by atoms with van der Waals surface area (Å²) in [6.07, 6.45) is 3.59. The Morgan fingerprint density at radius 3 is 2.71 bits per heavy atom. The highest BCUT2D eigenvalue weighted by atomic mass is 16.5. The summed E-state index contributed by atoms with van der Waals surface area (Å²) >= 11 is 0. The molecule has 5 nitrogen and oxygen atoms in total. The molecule has 1 aliphatic rings. The van der Waals surface area contributed by atoms with E-state index in [1.54, 1.807) is 0 Å². The lowest BCUT2D eigenvalue weighted by atomic mass is 9.90. The monoisotopic (exact) mass is 287 g/mol. The minimum absolute atomic E-state index is 0.188. The van der Waals surface area contributed by atoms with Gasteiger partial charge in [0.15, 0.2) is 6.61 Å². The molecular formula is C16H17NO4. The Balaban J connectivity index is 2.25. The Morgan fingerprint density at radius 1 is 1.29 bits per heavy atom. The van der Waals surface area contributed by atoms with Crippen molar-refractivity contribution in [2.45, 2.75) is 32.6 Å². The van der Waals surface area contributed by atoms with E-state index in [0.717, 1.165) is 47.8 Å². The molecule has 3 rings (SSSR count). The summed E-state index contributed by atoms with van der Waals surface area (Å²) < 4.78 is 11.0. The first-order valence-electron chi connectivity index (χ1n) is 7.06. The first kappa shape index (κ1) is 13.7. The minimum Gasteiger partial charge on any atom is -0.483 e. The zero-order chi connectivity index (χ0) is 15.0. The van der Waals surface area contributed by atoms with E-state index in [4.69, 9.17) is 14.9 Å². The normalized spacial score (nSPS) is 14.0. The van der Waals surface area contributed by atoms with Crippen molar-refractivity contribution < 1.29 is 13.9 Å². The Kier molecular flexibility index (Phi) is 3.41. The number of carbonyl (C=O) groups excluding carboxylic acids is 1. The van der Waals surface area contributed by atoms with E-state index < -0.39 is 5.91 Å². The van der Waals surface area contributed by atoms with Crippen LogP contribution in [-0.2, 0) is 17.6 Å². The quantitative estimate of drug-likeness (QED) is 0.873. The molecule has 0 radical (unpaired) electrons. The van der Waals surface area contributed by atoms with E-state index in [1.807, 2.05) is 19.1 Å². The van der Waals surface area contributed by atoms with Crippen LogP contribution in [0.1, 0.15) is 29.5 Å². The van der Waals surface area contributed by atoms with Crippen molar-refractivity contribution in [1.29, 1.82) is 0 Å². The lowest BCUT2D eigenvalue weighted by Gasteiger charge is -2.18. The number of amides is 1. The van der Waals surface area contributed by atoms with Gasteiger partial charge in [0.2, 0.25) is 0 Å². The van der Waals surface area contributed by atoms with Crippen LogP contribution in [0.2, 0.25) is 0 Å². The molecule has 21 heavy (non-hydrogen) atoms. The molecule has 0 atom stereocenters. The average molecular weight is 287 g/mol. The van der Waals surface area contributed by atoms with Crippen LogP contribution in [0, 0.1) is 6.92 Å². The number of hydrogen-bond acceptors (Lipinski definition) is 4. The largest absolute Gasteiger partial charge is 0.483 e. The molecule has 1 heterocycles. The maximum absolute atomic E-state index is 12.1. The van der Waals surface area contributed by atoms with Crippen molar-refractivity contribution >= 4 is 16.9 Å². The zero-order valence-electron chi connectivity index (χ0n) is 11.9. The van der Waals surface area contributed by atoms with Crippen LogP contribution in [0.25, 0.3) is 11.0 Å². The molecule has 1 amide bonds. The molecule has 2 N–H and O–H groups in total. The standard InChI is InChI=1S/C16H17NO4/c1-9-6-12(20-8-14(17)18)15-10-4-2-3-5-11(10)16(19)21-13(15)7-9/h6-7H,2-5,8H2,1H3,(H2,17,18). The van der Waals surface area contributed by atoms with E-state index in [1.165, 1.54) is 0 Å². The van der Waals surface area contributed by atoms with E-state index in [9.17, 15) is 9.59 Å². The van der Waals surface area contributed by atoms with Crippen LogP contribution in [0.5, 0.6) is 5.75 Å². The van der Waals surface area contributed by atoms with Crippen molar-refractivity contribution in [3.63, 3.8) is 0 Å². The number of nitrogens with two attached hydrogens (primary N) is 1. The van der Waals surface area contributed by atoms with Crippen molar-refractivity contribution in [2.24, 2.45) is 5.73 Å². The second-order valence-corrected chi connectivity index (χ2v) is 5.44. The summed E-state index contributed by atoms with van der Waals surface area (Å²) in [7, 11) is 0. The topological polar surface area (TPSA) is 82.5 Å². The molecule has 0 spiro atoms. The van der Waals surface area contributed by atoms with Crippen LogP contribution in [0.3, 0.4) is 0 Å². The Labute approximate surface area is 121 Å². The molecule has 0 unspecified atom stereocenters. The molecule has 0 saturated carbocycles. The maximum Gasteiger partial charge on any atom is 0.339 e. The summed E-state index contributed by atoms with van der Waals surface area (Å²) in [5, 5.41) is 0.802. The fraction of sp³-hybridized carbons (Fsp3) is 0.375. The third kappa shape index (κ3) is 2.51. The molecule has 0 fully saturated rings. The van der Waals surface area contributed by atoms with Gasteiger partial charge in [0.05, 0.1) is 5.39 Å². The maximum atomic E-state index is 12.1. The summed E-state index contributed by atoms with van der Waals surface area (Å²) in [6, 6.07) is 3.67. The minimum atomic E-state index is -0.532. The lowest BCUT2D eigenvalue weighted by Crippen LogP contribution is -2.21. The van der Waals surface area contributed by atoms with Gasteiger partial charge in [-0.05, 0) is 55.9 Å². The SMILES string of the molecule is Cc1cc(OCC(N)=O)c2c3c(c(=O)oc2c1)CCCC3. The van der Waals surface area contributed by atoms with E-state index in [-0.39, 0.29) is 12.2 Å². The Hall–Kier alpha value is -2.30. The van der Waals surface area contributed by atoms with Crippen molar-refractivity contribution in [2.75, 3.05) is 6.61 Å². The molecule has 0 saturated heterocycles. The van der Waals surface area contributed by atoms with E-state index in [0.29, 0.717) is 11.3 Å². The average Bonchev–Trinajstić information content (AvgIpc) is 2.44. The van der Waals surface area contributed by atoms with E-state index >= 15 is 0 Å². The van der Waals surface area contributed by atoms with Crippen LogP contribution in [0.4, 0.5) is 0 Å². The lowest BCUT2D eigenvalue weighted by molar-refractivity contribution is -0.119. The Bertz CT molecular complexity index is 776. The highest BCUT2D eigenvalue weighted by Crippen LogP contribution is 2.34. The predicted molar refractivity (Wildman–Crippen MR) is 78.6 cm³/mol. The third-order valence-corrected chi connectivity index (χ3v) is 3.80. The number of fused-ring (bicyclic) bond motifs is 3. The molecule has 2 aromatic rings. The van der Waals surface area contributed by atoms with Gasteiger partial charge in [-0.1, -0.05) is 0 Å². The molecule has 1 aromatic heterocycles. The fourth-order valence-corrected chi connectivity index (χ4v) is 2.93. The van der Waals surface area contributed by atoms with Crippen molar-refractivity contribution in [3.8, 4) is 5.75 Å². The molecule has 5 heteroatoms. The van der Waals surface area contributed by atoms with Crippen LogP contribution in [-0.4, -0.2) is 12.5 Å². The second-order valence-electron chi connectivity index (χ2n) is 5.44.